The fourth-order valence-electron chi connectivity index (χ4n) is 3.19. The van der Waals surface area contributed by atoms with E-state index in [-0.39, 0.29) is 5.92 Å². The molecule has 2 nitrogen and oxygen atoms in total. The summed E-state index contributed by atoms with van der Waals surface area (Å²) in [5, 5.41) is 12.6. The Labute approximate surface area is 118 Å². The van der Waals surface area contributed by atoms with E-state index >= 15 is 0 Å². The third-order valence-electron chi connectivity index (χ3n) is 4.49. The van der Waals surface area contributed by atoms with E-state index in [2.05, 4.69) is 13.8 Å². The average Bonchev–Trinajstić information content (AvgIpc) is 2.80. The molecular weight excluding hydrogens is 260 g/mol. The Balaban J connectivity index is 2.09. The number of hydrogen-bond acceptors (Lipinski definition) is 2. The zero-order valence-corrected chi connectivity index (χ0v) is 12.1. The first-order valence-corrected chi connectivity index (χ1v) is 7.29. The van der Waals surface area contributed by atoms with Gasteiger partial charge in [0.2, 0.25) is 0 Å². The van der Waals surface area contributed by atoms with Gasteiger partial charge in [-0.15, -0.1) is 0 Å². The Kier molecular flexibility index (Phi) is 3.11. The second-order valence-electron chi connectivity index (χ2n) is 5.98. The third-order valence-corrected chi connectivity index (χ3v) is 4.79. The van der Waals surface area contributed by atoms with Crippen LogP contribution in [-0.2, 0) is 5.60 Å². The van der Waals surface area contributed by atoms with E-state index < -0.39 is 5.60 Å². The molecule has 1 N–H and O–H groups in total. The Hall–Kier alpha value is -0.990. The van der Waals surface area contributed by atoms with Crippen molar-refractivity contribution in [2.45, 2.75) is 38.7 Å². The summed E-state index contributed by atoms with van der Waals surface area (Å²) in [5.74, 6) is 1.39. The van der Waals surface area contributed by atoms with Gasteiger partial charge in [-0.2, -0.15) is 0 Å². The lowest BCUT2D eigenvalue weighted by Crippen LogP contribution is -2.38. The number of aliphatic hydroxyl groups is 1. The van der Waals surface area contributed by atoms with Crippen molar-refractivity contribution < 1.29 is 9.52 Å². The highest BCUT2D eigenvalue weighted by Crippen LogP contribution is 2.45. The molecule has 0 spiro atoms. The van der Waals surface area contributed by atoms with Crippen LogP contribution in [0.25, 0.3) is 11.0 Å². The summed E-state index contributed by atoms with van der Waals surface area (Å²) in [6.07, 6.45) is 2.96. The normalized spacial score (nSPS) is 31.8. The number of benzene rings is 1. The maximum atomic E-state index is 11.0. The minimum absolute atomic E-state index is 0.211. The number of halogens is 1. The van der Waals surface area contributed by atoms with Crippen LogP contribution in [0.5, 0.6) is 0 Å². The molecule has 0 radical (unpaired) electrons. The SMILES string of the molecule is CC1CCC(C)C(O)(c2cc3cccc(Cl)c3o2)C1. The van der Waals surface area contributed by atoms with Gasteiger partial charge in [-0.3, -0.25) is 0 Å². The molecule has 3 unspecified atom stereocenters. The smallest absolute Gasteiger partial charge is 0.153 e. The first-order valence-electron chi connectivity index (χ1n) is 6.91. The van der Waals surface area contributed by atoms with Gasteiger partial charge in [0.15, 0.2) is 5.58 Å². The number of hydrogen-bond donors (Lipinski definition) is 1. The fraction of sp³-hybridized carbons (Fsp3) is 0.500. The molecule has 1 heterocycles. The number of para-hydroxylation sites is 1. The second kappa shape index (κ2) is 4.53. The molecular formula is C16H19ClO2. The topological polar surface area (TPSA) is 33.4 Å². The minimum atomic E-state index is -0.861. The van der Waals surface area contributed by atoms with E-state index in [0.29, 0.717) is 22.3 Å². The molecule has 1 saturated carbocycles. The van der Waals surface area contributed by atoms with Gasteiger partial charge in [-0.25, -0.2) is 0 Å². The van der Waals surface area contributed by atoms with Crippen molar-refractivity contribution in [1.29, 1.82) is 0 Å². The Morgan fingerprint density at radius 1 is 1.32 bits per heavy atom. The molecule has 0 aliphatic heterocycles. The van der Waals surface area contributed by atoms with Gasteiger partial charge in [0.05, 0.1) is 5.02 Å². The van der Waals surface area contributed by atoms with Crippen LogP contribution in [-0.4, -0.2) is 5.11 Å². The number of furan rings is 1. The molecule has 0 bridgehead atoms. The van der Waals surface area contributed by atoms with Gasteiger partial charge in [0.25, 0.3) is 0 Å². The van der Waals surface area contributed by atoms with Crippen LogP contribution in [0.2, 0.25) is 5.02 Å². The predicted molar refractivity (Wildman–Crippen MR) is 77.3 cm³/mol. The Morgan fingerprint density at radius 3 is 2.84 bits per heavy atom. The van der Waals surface area contributed by atoms with E-state index in [1.54, 1.807) is 0 Å². The summed E-state index contributed by atoms with van der Waals surface area (Å²) in [6, 6.07) is 7.62. The molecule has 1 aliphatic rings. The van der Waals surface area contributed by atoms with Crippen LogP contribution in [0, 0.1) is 11.8 Å². The van der Waals surface area contributed by atoms with Gasteiger partial charge < -0.3 is 9.52 Å². The largest absolute Gasteiger partial charge is 0.456 e. The van der Waals surface area contributed by atoms with Gasteiger partial charge in [-0.05, 0) is 36.8 Å². The van der Waals surface area contributed by atoms with Crippen LogP contribution in [0.3, 0.4) is 0 Å². The van der Waals surface area contributed by atoms with Crippen molar-refractivity contribution in [3.63, 3.8) is 0 Å². The zero-order valence-electron chi connectivity index (χ0n) is 11.3. The van der Waals surface area contributed by atoms with E-state index in [4.69, 9.17) is 16.0 Å². The van der Waals surface area contributed by atoms with Crippen molar-refractivity contribution in [1.82, 2.24) is 0 Å². The van der Waals surface area contributed by atoms with Crippen LogP contribution < -0.4 is 0 Å². The highest BCUT2D eigenvalue weighted by atomic mass is 35.5. The van der Waals surface area contributed by atoms with E-state index in [1.807, 2.05) is 24.3 Å². The third kappa shape index (κ3) is 2.07. The van der Waals surface area contributed by atoms with Gasteiger partial charge >= 0.3 is 0 Å². The molecule has 2 aromatic rings. The molecule has 0 saturated heterocycles. The molecule has 1 aromatic carbocycles. The standard InChI is InChI=1S/C16H19ClO2/c1-10-6-7-11(2)16(18,9-10)14-8-12-4-3-5-13(17)15(12)19-14/h3-5,8,10-11,18H,6-7,9H2,1-2H3. The number of fused-ring (bicyclic) bond motifs is 1. The van der Waals surface area contributed by atoms with Gasteiger partial charge in [-0.1, -0.05) is 44.0 Å². The molecule has 1 fully saturated rings. The first kappa shape index (κ1) is 13.0. The van der Waals surface area contributed by atoms with E-state index in [0.717, 1.165) is 18.2 Å². The van der Waals surface area contributed by atoms with Crippen LogP contribution in [0.4, 0.5) is 0 Å². The molecule has 1 aliphatic carbocycles. The van der Waals surface area contributed by atoms with Crippen molar-refractivity contribution >= 4 is 22.6 Å². The maximum absolute atomic E-state index is 11.0. The predicted octanol–water partition coefficient (Wildman–Crippen LogP) is 4.73. The quantitative estimate of drug-likeness (QED) is 0.818. The average molecular weight is 279 g/mol. The van der Waals surface area contributed by atoms with Crippen molar-refractivity contribution in [3.8, 4) is 0 Å². The van der Waals surface area contributed by atoms with Crippen molar-refractivity contribution in [2.75, 3.05) is 0 Å². The van der Waals surface area contributed by atoms with Crippen LogP contribution >= 0.6 is 11.6 Å². The number of rotatable bonds is 1. The first-order chi connectivity index (χ1) is 9.00. The lowest BCUT2D eigenvalue weighted by molar-refractivity contribution is -0.0773. The monoisotopic (exact) mass is 278 g/mol. The minimum Gasteiger partial charge on any atom is -0.456 e. The summed E-state index contributed by atoms with van der Waals surface area (Å²) < 4.78 is 5.88. The summed E-state index contributed by atoms with van der Waals surface area (Å²) >= 11 is 6.14. The highest BCUT2D eigenvalue weighted by molar-refractivity contribution is 6.34. The summed E-state index contributed by atoms with van der Waals surface area (Å²) in [4.78, 5) is 0. The lowest BCUT2D eigenvalue weighted by atomic mass is 9.71. The van der Waals surface area contributed by atoms with Crippen LogP contribution in [0.15, 0.2) is 28.7 Å². The maximum Gasteiger partial charge on any atom is 0.153 e. The second-order valence-corrected chi connectivity index (χ2v) is 6.39. The lowest BCUT2D eigenvalue weighted by Gasteiger charge is -2.39. The van der Waals surface area contributed by atoms with E-state index in [9.17, 15) is 5.11 Å². The van der Waals surface area contributed by atoms with Crippen LogP contribution in [0.1, 0.15) is 38.9 Å². The Bertz CT molecular complexity index is 604. The van der Waals surface area contributed by atoms with Crippen molar-refractivity contribution in [3.05, 3.63) is 35.0 Å². The molecule has 102 valence electrons. The summed E-state index contributed by atoms with van der Waals surface area (Å²) in [5.41, 5.74) is -0.182. The molecule has 1 aromatic heterocycles. The van der Waals surface area contributed by atoms with Gasteiger partial charge in [0, 0.05) is 5.39 Å². The molecule has 3 rings (SSSR count). The fourth-order valence-corrected chi connectivity index (χ4v) is 3.41. The molecule has 3 heteroatoms. The summed E-state index contributed by atoms with van der Waals surface area (Å²) in [7, 11) is 0. The van der Waals surface area contributed by atoms with Gasteiger partial charge in [0.1, 0.15) is 11.4 Å². The van der Waals surface area contributed by atoms with Crippen molar-refractivity contribution in [2.24, 2.45) is 11.8 Å². The molecule has 0 amide bonds. The highest BCUT2D eigenvalue weighted by Gasteiger charge is 2.43. The molecule has 19 heavy (non-hydrogen) atoms. The summed E-state index contributed by atoms with van der Waals surface area (Å²) in [6.45, 7) is 4.28. The molecule has 3 atom stereocenters. The Morgan fingerprint density at radius 2 is 2.11 bits per heavy atom. The van der Waals surface area contributed by atoms with E-state index in [1.165, 1.54) is 6.42 Å². The zero-order chi connectivity index (χ0) is 13.6.